The zero-order chi connectivity index (χ0) is 22.3. The fourth-order valence-electron chi connectivity index (χ4n) is 3.58. The molecule has 9 heteroatoms. The van der Waals surface area contributed by atoms with Gasteiger partial charge in [-0.25, -0.2) is 4.79 Å². The fourth-order valence-corrected chi connectivity index (χ4v) is 3.58. The van der Waals surface area contributed by atoms with E-state index in [1.54, 1.807) is 17.9 Å². The lowest BCUT2D eigenvalue weighted by molar-refractivity contribution is 0.164. The normalized spacial score (nSPS) is 14.7. The summed E-state index contributed by atoms with van der Waals surface area (Å²) in [5, 5.41) is 32.7. The Balaban J connectivity index is 1.74. The van der Waals surface area contributed by atoms with Crippen molar-refractivity contribution in [2.24, 2.45) is 0 Å². The van der Waals surface area contributed by atoms with E-state index >= 15 is 0 Å². The summed E-state index contributed by atoms with van der Waals surface area (Å²) >= 11 is 0. The molecule has 0 atom stereocenters. The lowest BCUT2D eigenvalue weighted by Gasteiger charge is -2.32. The van der Waals surface area contributed by atoms with Gasteiger partial charge in [-0.15, -0.1) is 0 Å². The lowest BCUT2D eigenvalue weighted by atomic mass is 10.1. The number of phenols is 2. The zero-order valence-electron chi connectivity index (χ0n) is 17.2. The molecule has 2 amide bonds. The molecule has 31 heavy (non-hydrogen) atoms. The molecule has 9 nitrogen and oxygen atoms in total. The Bertz CT molecular complexity index is 1230. The SMILES string of the molecule is Cc1c(NC(=O)N2CCN(C)CC2)ccc2c(=O)c(O)c(-c3ccc(O)c(O)c3)oc12. The van der Waals surface area contributed by atoms with Crippen LogP contribution in [0.3, 0.4) is 0 Å². The van der Waals surface area contributed by atoms with Crippen LogP contribution in [-0.2, 0) is 0 Å². The number of hydrogen-bond donors (Lipinski definition) is 4. The summed E-state index contributed by atoms with van der Waals surface area (Å²) in [5.41, 5.74) is 0.814. The van der Waals surface area contributed by atoms with Crippen molar-refractivity contribution in [1.29, 1.82) is 0 Å². The van der Waals surface area contributed by atoms with Gasteiger partial charge in [0.25, 0.3) is 0 Å². The van der Waals surface area contributed by atoms with E-state index in [-0.39, 0.29) is 34.1 Å². The van der Waals surface area contributed by atoms with Crippen LogP contribution in [0.5, 0.6) is 17.2 Å². The summed E-state index contributed by atoms with van der Waals surface area (Å²) in [5.74, 6) is -1.49. The van der Waals surface area contributed by atoms with Crippen molar-refractivity contribution in [2.75, 3.05) is 38.5 Å². The highest BCUT2D eigenvalue weighted by atomic mass is 16.4. The smallest absolute Gasteiger partial charge is 0.321 e. The van der Waals surface area contributed by atoms with Gasteiger partial charge < -0.3 is 34.9 Å². The molecular formula is C22H23N3O6. The van der Waals surface area contributed by atoms with E-state index in [1.807, 2.05) is 7.05 Å². The van der Waals surface area contributed by atoms with Crippen LogP contribution >= 0.6 is 0 Å². The highest BCUT2D eigenvalue weighted by Crippen LogP contribution is 2.36. The number of rotatable bonds is 2. The average Bonchev–Trinajstić information content (AvgIpc) is 2.75. The summed E-state index contributed by atoms with van der Waals surface area (Å²) in [6.07, 6.45) is 0. The van der Waals surface area contributed by atoms with Crippen molar-refractivity contribution in [3.63, 3.8) is 0 Å². The second-order valence-corrected chi connectivity index (χ2v) is 7.65. The predicted octanol–water partition coefficient (Wildman–Crippen LogP) is 2.66. The Hall–Kier alpha value is -3.72. The number of likely N-dealkylation sites (N-methyl/N-ethyl adjacent to an activating group) is 1. The first-order valence-electron chi connectivity index (χ1n) is 9.82. The number of amides is 2. The van der Waals surface area contributed by atoms with E-state index in [0.717, 1.165) is 13.1 Å². The predicted molar refractivity (Wildman–Crippen MR) is 116 cm³/mol. The number of hydrogen-bond acceptors (Lipinski definition) is 7. The molecule has 2 aromatic carbocycles. The van der Waals surface area contributed by atoms with Gasteiger partial charge in [0.05, 0.1) is 5.39 Å². The number of piperazine rings is 1. The van der Waals surface area contributed by atoms with Crippen LogP contribution in [0.25, 0.3) is 22.3 Å². The van der Waals surface area contributed by atoms with Crippen molar-refractivity contribution in [2.45, 2.75) is 6.92 Å². The number of carbonyl (C=O) groups excluding carboxylic acids is 1. The van der Waals surface area contributed by atoms with Gasteiger partial charge in [-0.2, -0.15) is 0 Å². The van der Waals surface area contributed by atoms with Gasteiger partial charge in [-0.1, -0.05) is 0 Å². The van der Waals surface area contributed by atoms with E-state index in [0.29, 0.717) is 24.3 Å². The van der Waals surface area contributed by atoms with Gasteiger partial charge in [0.15, 0.2) is 17.3 Å². The first-order valence-corrected chi connectivity index (χ1v) is 9.82. The number of aryl methyl sites for hydroxylation is 1. The van der Waals surface area contributed by atoms with Crippen LogP contribution in [0.2, 0.25) is 0 Å². The van der Waals surface area contributed by atoms with Gasteiger partial charge in [-0.05, 0) is 44.3 Å². The molecule has 0 bridgehead atoms. The molecular weight excluding hydrogens is 402 g/mol. The van der Waals surface area contributed by atoms with Crippen LogP contribution in [-0.4, -0.2) is 64.4 Å². The molecule has 3 aromatic rings. The molecule has 0 radical (unpaired) electrons. The number of aromatic hydroxyl groups is 3. The Labute approximate surface area is 177 Å². The maximum atomic E-state index is 12.7. The van der Waals surface area contributed by atoms with Gasteiger partial charge in [0.2, 0.25) is 11.2 Å². The van der Waals surface area contributed by atoms with Crippen LogP contribution in [0.1, 0.15) is 5.56 Å². The van der Waals surface area contributed by atoms with Gasteiger partial charge in [0, 0.05) is 43.0 Å². The van der Waals surface area contributed by atoms with Crippen LogP contribution < -0.4 is 10.7 Å². The Morgan fingerprint density at radius 3 is 2.42 bits per heavy atom. The van der Waals surface area contributed by atoms with Crippen LogP contribution in [0.4, 0.5) is 10.5 Å². The summed E-state index contributed by atoms with van der Waals surface area (Å²) in [4.78, 5) is 29.2. The molecule has 162 valence electrons. The lowest BCUT2D eigenvalue weighted by Crippen LogP contribution is -2.48. The minimum absolute atomic E-state index is 0.140. The summed E-state index contributed by atoms with van der Waals surface area (Å²) < 4.78 is 5.85. The van der Waals surface area contributed by atoms with Gasteiger partial charge in [-0.3, -0.25) is 4.79 Å². The van der Waals surface area contributed by atoms with Crippen molar-refractivity contribution >= 4 is 22.7 Å². The molecule has 1 aliphatic heterocycles. The molecule has 0 aliphatic carbocycles. The van der Waals surface area contributed by atoms with E-state index in [9.17, 15) is 24.9 Å². The maximum absolute atomic E-state index is 12.7. The quantitative estimate of drug-likeness (QED) is 0.465. The first kappa shape index (κ1) is 20.5. The number of nitrogens with zero attached hydrogens (tertiary/aromatic N) is 2. The summed E-state index contributed by atoms with van der Waals surface area (Å²) in [6.45, 7) is 4.53. The largest absolute Gasteiger partial charge is 0.504 e. The summed E-state index contributed by atoms with van der Waals surface area (Å²) in [7, 11) is 2.01. The van der Waals surface area contributed by atoms with Gasteiger partial charge >= 0.3 is 6.03 Å². The Kier molecular flexibility index (Phi) is 5.20. The van der Waals surface area contributed by atoms with E-state index in [4.69, 9.17) is 4.42 Å². The molecule has 1 aromatic heterocycles. The molecule has 0 spiro atoms. The number of fused-ring (bicyclic) bond motifs is 1. The maximum Gasteiger partial charge on any atom is 0.321 e. The Morgan fingerprint density at radius 2 is 1.74 bits per heavy atom. The minimum atomic E-state index is -0.635. The fraction of sp³-hybridized carbons (Fsp3) is 0.273. The third-order valence-corrected chi connectivity index (χ3v) is 5.55. The molecule has 0 unspecified atom stereocenters. The second kappa shape index (κ2) is 7.84. The van der Waals surface area contributed by atoms with E-state index in [2.05, 4.69) is 10.2 Å². The summed E-state index contributed by atoms with van der Waals surface area (Å²) in [6, 6.07) is 6.69. The highest BCUT2D eigenvalue weighted by molar-refractivity contribution is 5.95. The number of urea groups is 1. The molecule has 0 saturated carbocycles. The first-order chi connectivity index (χ1) is 14.8. The number of nitrogens with one attached hydrogen (secondary N) is 1. The van der Waals surface area contributed by atoms with Crippen molar-refractivity contribution in [3.8, 4) is 28.6 Å². The van der Waals surface area contributed by atoms with Crippen molar-refractivity contribution in [1.82, 2.24) is 9.80 Å². The zero-order valence-corrected chi connectivity index (χ0v) is 17.2. The number of benzene rings is 2. The number of anilines is 1. The molecule has 1 fully saturated rings. The molecule has 1 aliphatic rings. The second-order valence-electron chi connectivity index (χ2n) is 7.65. The molecule has 4 rings (SSSR count). The minimum Gasteiger partial charge on any atom is -0.504 e. The number of phenolic OH excluding ortho intramolecular Hbond substituents is 2. The molecule has 1 saturated heterocycles. The third kappa shape index (κ3) is 3.75. The standard InChI is InChI=1S/C22H23N3O6/c1-12-15(23-22(30)25-9-7-24(2)8-10-25)5-4-14-18(28)19(29)21(31-20(12)14)13-3-6-16(26)17(27)11-13/h3-6,11,26-27,29H,7-10H2,1-2H3,(H,23,30). The van der Waals surface area contributed by atoms with Crippen molar-refractivity contribution in [3.05, 3.63) is 46.1 Å². The van der Waals surface area contributed by atoms with Crippen LogP contribution in [0.15, 0.2) is 39.5 Å². The number of carbonyl (C=O) groups is 1. The molecule has 4 N–H and O–H groups in total. The third-order valence-electron chi connectivity index (χ3n) is 5.55. The van der Waals surface area contributed by atoms with Gasteiger partial charge in [0.1, 0.15) is 5.58 Å². The monoisotopic (exact) mass is 425 g/mol. The average molecular weight is 425 g/mol. The van der Waals surface area contributed by atoms with E-state index < -0.39 is 16.9 Å². The van der Waals surface area contributed by atoms with E-state index in [1.165, 1.54) is 24.3 Å². The topological polar surface area (TPSA) is 126 Å². The molecule has 2 heterocycles. The van der Waals surface area contributed by atoms with Crippen molar-refractivity contribution < 1.29 is 24.5 Å². The van der Waals surface area contributed by atoms with Crippen LogP contribution in [0, 0.1) is 6.92 Å². The highest BCUT2D eigenvalue weighted by Gasteiger charge is 2.22. The Morgan fingerprint density at radius 1 is 1.03 bits per heavy atom.